The van der Waals surface area contributed by atoms with Gasteiger partial charge in [-0.1, -0.05) is 42.0 Å². The van der Waals surface area contributed by atoms with Gasteiger partial charge in [0.1, 0.15) is 5.75 Å². The highest BCUT2D eigenvalue weighted by molar-refractivity contribution is 5.94. The van der Waals surface area contributed by atoms with Crippen molar-refractivity contribution in [2.45, 2.75) is 19.6 Å². The molecule has 0 bridgehead atoms. The Morgan fingerprint density at radius 1 is 1.00 bits per heavy atom. The second-order valence-electron chi connectivity index (χ2n) is 8.84. The topological polar surface area (TPSA) is 65.8 Å². The molecule has 0 spiro atoms. The average molecular weight is 470 g/mol. The van der Waals surface area contributed by atoms with Gasteiger partial charge in [0.2, 0.25) is 0 Å². The van der Waals surface area contributed by atoms with Gasteiger partial charge < -0.3 is 14.4 Å². The minimum absolute atomic E-state index is 0.0889. The van der Waals surface area contributed by atoms with Crippen LogP contribution >= 0.6 is 0 Å². The average Bonchev–Trinajstić information content (AvgIpc) is 2.91. The molecule has 1 aliphatic rings. The summed E-state index contributed by atoms with van der Waals surface area (Å²) in [6, 6.07) is 25.4. The van der Waals surface area contributed by atoms with Crippen molar-refractivity contribution in [1.29, 1.82) is 5.26 Å². The van der Waals surface area contributed by atoms with E-state index in [1.807, 2.05) is 78.6 Å². The molecule has 0 unspecified atom stereocenters. The predicted octanol–water partition coefficient (Wildman–Crippen LogP) is 4.59. The number of carbonyl (C=O) groups excluding carboxylic acids is 1. The second kappa shape index (κ2) is 11.7. The monoisotopic (exact) mass is 469 g/mol. The third kappa shape index (κ3) is 6.48. The SMILES string of the molecule is COc1cccc([C@@H](CN2CCN(C(=O)c3ccc(C)cc3)CC2)OCc2ccc(C#N)cc2)c1. The maximum Gasteiger partial charge on any atom is 0.253 e. The van der Waals surface area contributed by atoms with E-state index in [1.165, 1.54) is 0 Å². The smallest absolute Gasteiger partial charge is 0.253 e. The third-order valence-corrected chi connectivity index (χ3v) is 6.38. The Bertz CT molecular complexity index is 1160. The van der Waals surface area contributed by atoms with Gasteiger partial charge in [-0.3, -0.25) is 9.69 Å². The molecule has 1 atom stereocenters. The van der Waals surface area contributed by atoms with Crippen molar-refractivity contribution >= 4 is 5.91 Å². The first-order valence-electron chi connectivity index (χ1n) is 11.9. The molecule has 0 aromatic heterocycles. The highest BCUT2D eigenvalue weighted by atomic mass is 16.5. The Morgan fingerprint density at radius 3 is 2.37 bits per heavy atom. The van der Waals surface area contributed by atoms with Gasteiger partial charge >= 0.3 is 0 Å². The zero-order valence-electron chi connectivity index (χ0n) is 20.3. The molecule has 4 rings (SSSR count). The minimum Gasteiger partial charge on any atom is -0.497 e. The normalized spacial score (nSPS) is 14.8. The molecule has 3 aromatic carbocycles. The van der Waals surface area contributed by atoms with E-state index >= 15 is 0 Å². The van der Waals surface area contributed by atoms with E-state index in [0.717, 1.165) is 47.6 Å². The molecule has 6 heteroatoms. The first kappa shape index (κ1) is 24.5. The van der Waals surface area contributed by atoms with Crippen molar-refractivity contribution in [2.24, 2.45) is 0 Å². The van der Waals surface area contributed by atoms with Crippen LogP contribution in [0.2, 0.25) is 0 Å². The molecule has 0 saturated carbocycles. The van der Waals surface area contributed by atoms with Gasteiger partial charge in [-0.15, -0.1) is 0 Å². The van der Waals surface area contributed by atoms with E-state index in [2.05, 4.69) is 17.0 Å². The van der Waals surface area contributed by atoms with Gasteiger partial charge in [0.05, 0.1) is 31.5 Å². The number of hydrogen-bond donors (Lipinski definition) is 0. The van der Waals surface area contributed by atoms with Gasteiger partial charge in [0.25, 0.3) is 5.91 Å². The van der Waals surface area contributed by atoms with Crippen molar-refractivity contribution in [3.05, 3.63) is 101 Å². The number of hydrogen-bond acceptors (Lipinski definition) is 5. The summed E-state index contributed by atoms with van der Waals surface area (Å²) < 4.78 is 11.8. The zero-order chi connectivity index (χ0) is 24.6. The largest absolute Gasteiger partial charge is 0.497 e. The molecule has 1 fully saturated rings. The number of methoxy groups -OCH3 is 1. The van der Waals surface area contributed by atoms with Crippen LogP contribution in [0, 0.1) is 18.3 Å². The van der Waals surface area contributed by atoms with Crippen LogP contribution in [-0.2, 0) is 11.3 Å². The fraction of sp³-hybridized carbons (Fsp3) is 0.310. The quantitative estimate of drug-likeness (QED) is 0.483. The lowest BCUT2D eigenvalue weighted by Gasteiger charge is -2.36. The lowest BCUT2D eigenvalue weighted by molar-refractivity contribution is 0.00333. The Morgan fingerprint density at radius 2 is 1.71 bits per heavy atom. The van der Waals surface area contributed by atoms with Crippen LogP contribution in [0.4, 0.5) is 0 Å². The Kier molecular flexibility index (Phi) is 8.15. The van der Waals surface area contributed by atoms with Crippen molar-refractivity contribution < 1.29 is 14.3 Å². The maximum absolute atomic E-state index is 12.9. The summed E-state index contributed by atoms with van der Waals surface area (Å²) in [6.07, 6.45) is -0.153. The summed E-state index contributed by atoms with van der Waals surface area (Å²) in [4.78, 5) is 17.2. The summed E-state index contributed by atoms with van der Waals surface area (Å²) in [6.45, 7) is 6.14. The molecule has 1 amide bonds. The molecule has 1 aliphatic heterocycles. The number of amides is 1. The van der Waals surface area contributed by atoms with Gasteiger partial charge in [-0.2, -0.15) is 5.26 Å². The van der Waals surface area contributed by atoms with Crippen molar-refractivity contribution in [1.82, 2.24) is 9.80 Å². The van der Waals surface area contributed by atoms with Crippen LogP contribution < -0.4 is 4.74 Å². The number of benzene rings is 3. The molecular formula is C29H31N3O3. The van der Waals surface area contributed by atoms with Crippen LogP contribution in [0.15, 0.2) is 72.8 Å². The lowest BCUT2D eigenvalue weighted by atomic mass is 10.1. The molecular weight excluding hydrogens is 438 g/mol. The molecule has 3 aromatic rings. The van der Waals surface area contributed by atoms with Crippen molar-refractivity contribution in [2.75, 3.05) is 39.8 Å². The maximum atomic E-state index is 12.9. The molecule has 6 nitrogen and oxygen atoms in total. The van der Waals surface area contributed by atoms with E-state index in [4.69, 9.17) is 14.7 Å². The lowest BCUT2D eigenvalue weighted by Crippen LogP contribution is -2.49. The van der Waals surface area contributed by atoms with Gasteiger partial charge in [-0.05, 0) is 54.4 Å². The molecule has 1 heterocycles. The number of ether oxygens (including phenoxy) is 2. The van der Waals surface area contributed by atoms with Crippen LogP contribution in [0.3, 0.4) is 0 Å². The van der Waals surface area contributed by atoms with Crippen LogP contribution in [-0.4, -0.2) is 55.5 Å². The number of rotatable bonds is 8. The van der Waals surface area contributed by atoms with E-state index in [0.29, 0.717) is 25.3 Å². The van der Waals surface area contributed by atoms with Crippen molar-refractivity contribution in [3.63, 3.8) is 0 Å². The summed E-state index contributed by atoms with van der Waals surface area (Å²) >= 11 is 0. The Labute approximate surface area is 207 Å². The Hall–Kier alpha value is -3.66. The van der Waals surface area contributed by atoms with Crippen LogP contribution in [0.1, 0.15) is 38.7 Å². The number of nitriles is 1. The molecule has 180 valence electrons. The fourth-order valence-corrected chi connectivity index (χ4v) is 4.22. The third-order valence-electron chi connectivity index (χ3n) is 6.38. The van der Waals surface area contributed by atoms with Crippen molar-refractivity contribution in [3.8, 4) is 11.8 Å². The van der Waals surface area contributed by atoms with E-state index in [1.54, 1.807) is 7.11 Å². The highest BCUT2D eigenvalue weighted by Gasteiger charge is 2.25. The van der Waals surface area contributed by atoms with Gasteiger partial charge in [0.15, 0.2) is 0 Å². The summed E-state index contributed by atoms with van der Waals surface area (Å²) in [7, 11) is 1.66. The fourth-order valence-electron chi connectivity index (χ4n) is 4.22. The second-order valence-corrected chi connectivity index (χ2v) is 8.84. The summed E-state index contributed by atoms with van der Waals surface area (Å²) in [5.74, 6) is 0.883. The Balaban J connectivity index is 1.40. The van der Waals surface area contributed by atoms with E-state index in [9.17, 15) is 4.79 Å². The first-order valence-corrected chi connectivity index (χ1v) is 11.9. The first-order chi connectivity index (χ1) is 17.1. The number of nitrogens with zero attached hydrogens (tertiary/aromatic N) is 3. The number of aryl methyl sites for hydroxylation is 1. The predicted molar refractivity (Wildman–Crippen MR) is 135 cm³/mol. The van der Waals surface area contributed by atoms with Crippen LogP contribution in [0.5, 0.6) is 5.75 Å². The minimum atomic E-state index is -0.153. The van der Waals surface area contributed by atoms with E-state index < -0.39 is 0 Å². The number of piperazine rings is 1. The highest BCUT2D eigenvalue weighted by Crippen LogP contribution is 2.25. The number of carbonyl (C=O) groups is 1. The zero-order valence-corrected chi connectivity index (χ0v) is 20.3. The standard InChI is InChI=1S/C29H31N3O3/c1-22-6-12-25(13-7-22)29(33)32-16-14-31(15-17-32)20-28(26-4-3-5-27(18-26)34-2)35-21-24-10-8-23(19-30)9-11-24/h3-13,18,28H,14-17,20-21H2,1-2H3/t28-/m1/s1. The van der Waals surface area contributed by atoms with Gasteiger partial charge in [-0.25, -0.2) is 0 Å². The van der Waals surface area contributed by atoms with E-state index in [-0.39, 0.29) is 12.0 Å². The van der Waals surface area contributed by atoms with Crippen LogP contribution in [0.25, 0.3) is 0 Å². The molecule has 0 aliphatic carbocycles. The summed E-state index contributed by atoms with van der Waals surface area (Å²) in [5.41, 5.74) is 4.60. The molecule has 0 N–H and O–H groups in total. The summed E-state index contributed by atoms with van der Waals surface area (Å²) in [5, 5.41) is 9.03. The van der Waals surface area contributed by atoms with Gasteiger partial charge in [0, 0.05) is 38.3 Å². The molecule has 0 radical (unpaired) electrons. The molecule has 35 heavy (non-hydrogen) atoms. The molecule has 1 saturated heterocycles.